The van der Waals surface area contributed by atoms with Crippen molar-refractivity contribution in [3.63, 3.8) is 0 Å². The van der Waals surface area contributed by atoms with Crippen molar-refractivity contribution in [2.24, 2.45) is 0 Å². The smallest absolute Gasteiger partial charge is 0.0520 e. The van der Waals surface area contributed by atoms with Crippen LogP contribution in [0.3, 0.4) is 0 Å². The zero-order valence-corrected chi connectivity index (χ0v) is 8.84. The molecule has 4 N–H and O–H groups in total. The molecule has 0 bridgehead atoms. The summed E-state index contributed by atoms with van der Waals surface area (Å²) in [5.74, 6) is 0. The van der Waals surface area contributed by atoms with Crippen LogP contribution >= 0.6 is 23.1 Å². The van der Waals surface area contributed by atoms with Crippen LogP contribution in [0.5, 0.6) is 0 Å². The minimum absolute atomic E-state index is 0.835. The molecule has 0 spiro atoms. The van der Waals surface area contributed by atoms with E-state index < -0.39 is 0 Å². The van der Waals surface area contributed by atoms with Gasteiger partial charge in [-0.3, -0.25) is 0 Å². The van der Waals surface area contributed by atoms with Crippen molar-refractivity contribution in [3.05, 3.63) is 17.5 Å². The van der Waals surface area contributed by atoms with E-state index in [2.05, 4.69) is 0 Å². The van der Waals surface area contributed by atoms with Gasteiger partial charge in [-0.05, 0) is 18.4 Å². The van der Waals surface area contributed by atoms with Crippen molar-refractivity contribution in [2.75, 3.05) is 17.7 Å². The number of anilines is 2. The predicted octanol–water partition coefficient (Wildman–Crippen LogP) is 2.79. The topological polar surface area (TPSA) is 52.0 Å². The van der Waals surface area contributed by atoms with Gasteiger partial charge in [0.2, 0.25) is 0 Å². The SMILES string of the molecule is CSc1c(N)ccc2c(N)csc12. The summed E-state index contributed by atoms with van der Waals surface area (Å²) >= 11 is 3.32. The van der Waals surface area contributed by atoms with Gasteiger partial charge in [-0.15, -0.1) is 23.1 Å². The summed E-state index contributed by atoms with van der Waals surface area (Å²) in [5, 5.41) is 3.08. The Morgan fingerprint density at radius 1 is 1.23 bits per heavy atom. The summed E-state index contributed by atoms with van der Waals surface area (Å²) in [4.78, 5) is 1.14. The maximum absolute atomic E-state index is 5.85. The average molecular weight is 210 g/mol. The van der Waals surface area contributed by atoms with E-state index in [0.717, 1.165) is 21.7 Å². The molecule has 13 heavy (non-hydrogen) atoms. The van der Waals surface area contributed by atoms with E-state index in [1.54, 1.807) is 23.1 Å². The van der Waals surface area contributed by atoms with E-state index >= 15 is 0 Å². The highest BCUT2D eigenvalue weighted by Crippen LogP contribution is 2.38. The fraction of sp³-hybridized carbons (Fsp3) is 0.111. The Morgan fingerprint density at radius 2 is 2.00 bits per heavy atom. The minimum Gasteiger partial charge on any atom is -0.398 e. The zero-order chi connectivity index (χ0) is 9.42. The molecule has 0 amide bonds. The van der Waals surface area contributed by atoms with Crippen LogP contribution in [0.25, 0.3) is 10.1 Å². The van der Waals surface area contributed by atoms with Gasteiger partial charge in [0.1, 0.15) is 0 Å². The van der Waals surface area contributed by atoms with Crippen molar-refractivity contribution in [1.82, 2.24) is 0 Å². The van der Waals surface area contributed by atoms with Gasteiger partial charge >= 0.3 is 0 Å². The molecule has 0 atom stereocenters. The summed E-state index contributed by atoms with van der Waals surface area (Å²) in [5.41, 5.74) is 13.3. The number of thiophene rings is 1. The van der Waals surface area contributed by atoms with Gasteiger partial charge in [0.05, 0.1) is 10.4 Å². The van der Waals surface area contributed by atoms with E-state index in [1.165, 1.54) is 4.70 Å². The number of fused-ring (bicyclic) bond motifs is 1. The molecule has 0 aliphatic heterocycles. The largest absolute Gasteiger partial charge is 0.398 e. The van der Waals surface area contributed by atoms with Crippen LogP contribution in [0.2, 0.25) is 0 Å². The molecule has 1 heterocycles. The van der Waals surface area contributed by atoms with Crippen LogP contribution in [0.1, 0.15) is 0 Å². The van der Waals surface area contributed by atoms with Crippen LogP contribution in [-0.2, 0) is 0 Å². The molecule has 4 heteroatoms. The maximum Gasteiger partial charge on any atom is 0.0520 e. The number of thioether (sulfide) groups is 1. The van der Waals surface area contributed by atoms with Crippen molar-refractivity contribution in [1.29, 1.82) is 0 Å². The Hall–Kier alpha value is -0.870. The molecular formula is C9H10N2S2. The normalized spacial score (nSPS) is 10.8. The molecule has 0 aliphatic rings. The first-order valence-electron chi connectivity index (χ1n) is 3.83. The molecule has 1 aromatic heterocycles. The Bertz CT molecular complexity index is 448. The summed E-state index contributed by atoms with van der Waals surface area (Å²) in [6.07, 6.45) is 2.03. The van der Waals surface area contributed by atoms with Gasteiger partial charge in [-0.2, -0.15) is 0 Å². The first-order chi connectivity index (χ1) is 6.24. The van der Waals surface area contributed by atoms with Crippen LogP contribution in [0.4, 0.5) is 11.4 Å². The highest BCUT2D eigenvalue weighted by Gasteiger charge is 2.07. The first kappa shape index (κ1) is 8.72. The van der Waals surface area contributed by atoms with Crippen LogP contribution in [0, 0.1) is 0 Å². The lowest BCUT2D eigenvalue weighted by Gasteiger charge is -2.03. The summed E-state index contributed by atoms with van der Waals surface area (Å²) < 4.78 is 1.20. The van der Waals surface area contributed by atoms with E-state index in [1.807, 2.05) is 23.8 Å². The quantitative estimate of drug-likeness (QED) is 0.562. The molecule has 0 unspecified atom stereocenters. The lowest BCUT2D eigenvalue weighted by molar-refractivity contribution is 1.58. The number of nitrogen functional groups attached to an aromatic ring is 2. The first-order valence-corrected chi connectivity index (χ1v) is 5.93. The fourth-order valence-electron chi connectivity index (χ4n) is 1.32. The summed E-state index contributed by atoms with van der Waals surface area (Å²) in [6, 6.07) is 3.90. The number of benzene rings is 1. The minimum atomic E-state index is 0.835. The Balaban J connectivity index is 2.85. The van der Waals surface area contributed by atoms with Crippen molar-refractivity contribution in [3.8, 4) is 0 Å². The highest BCUT2D eigenvalue weighted by molar-refractivity contribution is 7.99. The van der Waals surface area contributed by atoms with Crippen molar-refractivity contribution >= 4 is 44.6 Å². The molecular weight excluding hydrogens is 200 g/mol. The van der Waals surface area contributed by atoms with Crippen molar-refractivity contribution < 1.29 is 0 Å². The monoisotopic (exact) mass is 210 g/mol. The summed E-state index contributed by atoms with van der Waals surface area (Å²) in [6.45, 7) is 0. The van der Waals surface area contributed by atoms with Crippen LogP contribution < -0.4 is 11.5 Å². The molecule has 2 nitrogen and oxygen atoms in total. The molecule has 0 aliphatic carbocycles. The average Bonchev–Trinajstić information content (AvgIpc) is 2.48. The lowest BCUT2D eigenvalue weighted by atomic mass is 10.2. The predicted molar refractivity (Wildman–Crippen MR) is 62.4 cm³/mol. The van der Waals surface area contributed by atoms with Gasteiger partial charge in [-0.25, -0.2) is 0 Å². The Labute approximate surface area is 84.9 Å². The number of hydrogen-bond acceptors (Lipinski definition) is 4. The van der Waals surface area contributed by atoms with Crippen LogP contribution in [-0.4, -0.2) is 6.26 Å². The molecule has 0 saturated heterocycles. The fourth-order valence-corrected chi connectivity index (χ4v) is 3.22. The molecule has 0 radical (unpaired) electrons. The number of nitrogens with two attached hydrogens (primary N) is 2. The molecule has 1 aromatic carbocycles. The van der Waals surface area contributed by atoms with E-state index in [9.17, 15) is 0 Å². The molecule has 0 saturated carbocycles. The third-order valence-corrected chi connectivity index (χ3v) is 3.97. The third-order valence-electron chi connectivity index (χ3n) is 1.96. The van der Waals surface area contributed by atoms with E-state index in [4.69, 9.17) is 11.5 Å². The lowest BCUT2D eigenvalue weighted by Crippen LogP contribution is -1.88. The second kappa shape index (κ2) is 3.12. The second-order valence-electron chi connectivity index (χ2n) is 2.76. The van der Waals surface area contributed by atoms with Crippen molar-refractivity contribution in [2.45, 2.75) is 4.90 Å². The number of hydrogen-bond donors (Lipinski definition) is 2. The van der Waals surface area contributed by atoms with E-state index in [0.29, 0.717) is 0 Å². The standard InChI is InChI=1S/C9H10N2S2/c1-12-9-6(10)3-2-5-7(11)4-13-8(5)9/h2-4H,10-11H2,1H3. The molecule has 0 fully saturated rings. The summed E-state index contributed by atoms with van der Waals surface area (Å²) in [7, 11) is 0. The Kier molecular flexibility index (Phi) is 2.09. The number of rotatable bonds is 1. The van der Waals surface area contributed by atoms with Gasteiger partial charge in [0.15, 0.2) is 0 Å². The Morgan fingerprint density at radius 3 is 2.69 bits per heavy atom. The van der Waals surface area contributed by atoms with Gasteiger partial charge in [0, 0.05) is 21.3 Å². The maximum atomic E-state index is 5.85. The molecule has 2 rings (SSSR count). The van der Waals surface area contributed by atoms with Crippen LogP contribution in [0.15, 0.2) is 22.4 Å². The van der Waals surface area contributed by atoms with E-state index in [-0.39, 0.29) is 0 Å². The molecule has 2 aromatic rings. The second-order valence-corrected chi connectivity index (χ2v) is 4.45. The highest BCUT2D eigenvalue weighted by atomic mass is 32.2. The third kappa shape index (κ3) is 1.26. The zero-order valence-electron chi connectivity index (χ0n) is 7.20. The molecule has 68 valence electrons. The van der Waals surface area contributed by atoms with Gasteiger partial charge < -0.3 is 11.5 Å². The van der Waals surface area contributed by atoms with Gasteiger partial charge in [-0.1, -0.05) is 0 Å². The van der Waals surface area contributed by atoms with Gasteiger partial charge in [0.25, 0.3) is 0 Å².